The number of hydrogen-bond acceptors (Lipinski definition) is 3. The quantitative estimate of drug-likeness (QED) is 0.846. The number of urea groups is 1. The van der Waals surface area contributed by atoms with Crippen LogP contribution in [-0.4, -0.2) is 45.0 Å². The second kappa shape index (κ2) is 7.70. The minimum atomic E-state index is -0.918. The fourth-order valence-electron chi connectivity index (χ4n) is 2.85. The smallest absolute Gasteiger partial charge is 0.317 e. The highest BCUT2D eigenvalue weighted by Crippen LogP contribution is 2.15. The molecular formula is C19H28N4O2. The van der Waals surface area contributed by atoms with Crippen LogP contribution in [-0.2, 0) is 13.1 Å². The van der Waals surface area contributed by atoms with Crippen molar-refractivity contribution in [3.63, 3.8) is 0 Å². The van der Waals surface area contributed by atoms with Gasteiger partial charge < -0.3 is 15.3 Å². The Morgan fingerprint density at radius 1 is 1.28 bits per heavy atom. The maximum atomic E-state index is 12.2. The van der Waals surface area contributed by atoms with E-state index in [4.69, 9.17) is 0 Å². The Hall–Kier alpha value is -2.34. The monoisotopic (exact) mass is 344 g/mol. The Labute approximate surface area is 149 Å². The van der Waals surface area contributed by atoms with Gasteiger partial charge in [0.15, 0.2) is 0 Å². The van der Waals surface area contributed by atoms with E-state index in [1.54, 1.807) is 20.9 Å². The number of amides is 2. The molecule has 0 radical (unpaired) electrons. The van der Waals surface area contributed by atoms with Gasteiger partial charge in [0.05, 0.1) is 24.4 Å². The van der Waals surface area contributed by atoms with Crippen LogP contribution in [0.4, 0.5) is 4.79 Å². The predicted molar refractivity (Wildman–Crippen MR) is 98.4 cm³/mol. The molecule has 136 valence electrons. The summed E-state index contributed by atoms with van der Waals surface area (Å²) < 4.78 is 1.96. The summed E-state index contributed by atoms with van der Waals surface area (Å²) in [5.41, 5.74) is 3.26. The molecule has 6 nitrogen and oxygen atoms in total. The second-order valence-electron chi connectivity index (χ2n) is 7.12. The van der Waals surface area contributed by atoms with Crippen molar-refractivity contribution in [2.75, 3.05) is 13.6 Å². The molecule has 0 fully saturated rings. The maximum Gasteiger partial charge on any atom is 0.317 e. The molecule has 2 rings (SSSR count). The summed E-state index contributed by atoms with van der Waals surface area (Å²) >= 11 is 0. The normalized spacial score (nSPS) is 11.4. The minimum absolute atomic E-state index is 0.211. The molecule has 0 spiro atoms. The Bertz CT molecular complexity index is 717. The number of carbonyl (C=O) groups is 1. The summed E-state index contributed by atoms with van der Waals surface area (Å²) in [5, 5.41) is 17.3. The van der Waals surface area contributed by atoms with Crippen LogP contribution >= 0.6 is 0 Å². The highest BCUT2D eigenvalue weighted by atomic mass is 16.3. The summed E-state index contributed by atoms with van der Waals surface area (Å²) in [5.74, 6) is 0. The van der Waals surface area contributed by atoms with Gasteiger partial charge in [0, 0.05) is 24.8 Å². The van der Waals surface area contributed by atoms with Crippen molar-refractivity contribution in [3.05, 3.63) is 52.8 Å². The lowest BCUT2D eigenvalue weighted by Crippen LogP contribution is -2.44. The molecule has 1 heterocycles. The van der Waals surface area contributed by atoms with Gasteiger partial charge in [-0.25, -0.2) is 4.79 Å². The van der Waals surface area contributed by atoms with Gasteiger partial charge in [-0.1, -0.05) is 30.3 Å². The molecule has 0 unspecified atom stereocenters. The van der Waals surface area contributed by atoms with Crippen LogP contribution in [0.25, 0.3) is 0 Å². The van der Waals surface area contributed by atoms with Crippen LogP contribution in [0.2, 0.25) is 0 Å². The Kier molecular flexibility index (Phi) is 5.85. The molecule has 0 aliphatic rings. The number of aromatic nitrogens is 2. The third-order valence-corrected chi connectivity index (χ3v) is 4.09. The van der Waals surface area contributed by atoms with Crippen molar-refractivity contribution in [2.24, 2.45) is 0 Å². The van der Waals surface area contributed by atoms with Crippen molar-refractivity contribution in [2.45, 2.75) is 46.4 Å². The van der Waals surface area contributed by atoms with Crippen molar-refractivity contribution in [3.8, 4) is 0 Å². The molecule has 2 amide bonds. The standard InChI is InChI=1S/C19H28N4O2/c1-14-17(11-20-18(24)22(5)13-19(3,4)25)15(2)23(21-14)12-16-9-7-6-8-10-16/h6-10,25H,11-13H2,1-5H3,(H,20,24). The van der Waals surface area contributed by atoms with E-state index < -0.39 is 5.60 Å². The molecular weight excluding hydrogens is 316 g/mol. The van der Waals surface area contributed by atoms with Gasteiger partial charge in [0.25, 0.3) is 0 Å². The van der Waals surface area contributed by atoms with E-state index in [9.17, 15) is 9.90 Å². The zero-order valence-corrected chi connectivity index (χ0v) is 15.7. The number of likely N-dealkylation sites (N-methyl/N-ethyl adjacent to an activating group) is 1. The maximum absolute atomic E-state index is 12.2. The number of aliphatic hydroxyl groups is 1. The number of aryl methyl sites for hydroxylation is 1. The molecule has 2 aromatic rings. The minimum Gasteiger partial charge on any atom is -0.389 e. The molecule has 2 N–H and O–H groups in total. The number of nitrogens with one attached hydrogen (secondary N) is 1. The van der Waals surface area contributed by atoms with Crippen LogP contribution < -0.4 is 5.32 Å². The molecule has 1 aromatic carbocycles. The molecule has 0 saturated carbocycles. The molecule has 0 saturated heterocycles. The topological polar surface area (TPSA) is 70.4 Å². The fourth-order valence-corrected chi connectivity index (χ4v) is 2.85. The van der Waals surface area contributed by atoms with E-state index in [0.29, 0.717) is 13.1 Å². The van der Waals surface area contributed by atoms with Gasteiger partial charge >= 0.3 is 6.03 Å². The summed E-state index contributed by atoms with van der Waals surface area (Å²) in [7, 11) is 1.67. The molecule has 0 aliphatic carbocycles. The van der Waals surface area contributed by atoms with Crippen molar-refractivity contribution >= 4 is 6.03 Å². The van der Waals surface area contributed by atoms with E-state index >= 15 is 0 Å². The van der Waals surface area contributed by atoms with Gasteiger partial charge in [0.1, 0.15) is 0 Å². The lowest BCUT2D eigenvalue weighted by Gasteiger charge is -2.25. The average Bonchev–Trinajstić information content (AvgIpc) is 2.78. The summed E-state index contributed by atoms with van der Waals surface area (Å²) in [4.78, 5) is 13.7. The van der Waals surface area contributed by atoms with Gasteiger partial charge in [-0.2, -0.15) is 5.10 Å². The van der Waals surface area contributed by atoms with Crippen LogP contribution in [0, 0.1) is 13.8 Å². The molecule has 0 atom stereocenters. The average molecular weight is 344 g/mol. The lowest BCUT2D eigenvalue weighted by atomic mass is 10.1. The van der Waals surface area contributed by atoms with Crippen LogP contribution in [0.5, 0.6) is 0 Å². The molecule has 25 heavy (non-hydrogen) atoms. The Morgan fingerprint density at radius 3 is 2.52 bits per heavy atom. The van der Waals surface area contributed by atoms with Crippen molar-refractivity contribution < 1.29 is 9.90 Å². The van der Waals surface area contributed by atoms with E-state index in [1.165, 1.54) is 10.5 Å². The molecule has 1 aromatic heterocycles. The number of rotatable bonds is 6. The number of carbonyl (C=O) groups excluding carboxylic acids is 1. The lowest BCUT2D eigenvalue weighted by molar-refractivity contribution is 0.0531. The predicted octanol–water partition coefficient (Wildman–Crippen LogP) is 2.46. The first-order valence-electron chi connectivity index (χ1n) is 8.45. The highest BCUT2D eigenvalue weighted by Gasteiger charge is 2.20. The second-order valence-corrected chi connectivity index (χ2v) is 7.12. The Balaban J connectivity index is 2.02. The number of benzene rings is 1. The van der Waals surface area contributed by atoms with Gasteiger partial charge in [-0.05, 0) is 33.3 Å². The van der Waals surface area contributed by atoms with Gasteiger partial charge in [0.2, 0.25) is 0 Å². The van der Waals surface area contributed by atoms with Crippen LogP contribution in [0.1, 0.15) is 36.4 Å². The van der Waals surface area contributed by atoms with E-state index in [2.05, 4.69) is 22.5 Å². The Morgan fingerprint density at radius 2 is 1.92 bits per heavy atom. The van der Waals surface area contributed by atoms with Crippen LogP contribution in [0.15, 0.2) is 30.3 Å². The van der Waals surface area contributed by atoms with Crippen molar-refractivity contribution in [1.29, 1.82) is 0 Å². The summed E-state index contributed by atoms with van der Waals surface area (Å²) in [6, 6.07) is 9.96. The van der Waals surface area contributed by atoms with Crippen molar-refractivity contribution in [1.82, 2.24) is 20.0 Å². The fraction of sp³-hybridized carbons (Fsp3) is 0.474. The summed E-state index contributed by atoms with van der Waals surface area (Å²) in [6.45, 7) is 8.73. The first-order valence-corrected chi connectivity index (χ1v) is 8.45. The zero-order valence-electron chi connectivity index (χ0n) is 15.7. The summed E-state index contributed by atoms with van der Waals surface area (Å²) in [6.07, 6.45) is 0. The highest BCUT2D eigenvalue weighted by molar-refractivity contribution is 5.74. The molecule has 6 heteroatoms. The third-order valence-electron chi connectivity index (χ3n) is 4.09. The van der Waals surface area contributed by atoms with Gasteiger partial charge in [-0.3, -0.25) is 4.68 Å². The first-order chi connectivity index (χ1) is 11.7. The van der Waals surface area contributed by atoms with E-state index in [0.717, 1.165) is 17.0 Å². The molecule has 0 bridgehead atoms. The zero-order chi connectivity index (χ0) is 18.6. The van der Waals surface area contributed by atoms with Crippen LogP contribution in [0.3, 0.4) is 0 Å². The number of nitrogens with zero attached hydrogens (tertiary/aromatic N) is 3. The van der Waals surface area contributed by atoms with E-state index in [1.807, 2.05) is 36.7 Å². The van der Waals surface area contributed by atoms with E-state index in [-0.39, 0.29) is 12.6 Å². The SMILES string of the molecule is Cc1nn(Cc2ccccc2)c(C)c1CNC(=O)N(C)CC(C)(C)O. The van der Waals surface area contributed by atoms with Gasteiger partial charge in [-0.15, -0.1) is 0 Å². The first kappa shape index (κ1) is 19.0. The molecule has 0 aliphatic heterocycles. The largest absolute Gasteiger partial charge is 0.389 e. The third kappa shape index (κ3) is 5.32. The number of hydrogen-bond donors (Lipinski definition) is 2.